The third-order valence-electron chi connectivity index (χ3n) is 2.06. The average molecular weight is 283 g/mol. The van der Waals surface area contributed by atoms with Gasteiger partial charge >= 0.3 is 0 Å². The first-order valence-corrected chi connectivity index (χ1v) is 5.67. The number of halogens is 2. The number of aromatic nitrogens is 2. The molecule has 0 aliphatic rings. The summed E-state index contributed by atoms with van der Waals surface area (Å²) >= 11 is 11.5. The summed E-state index contributed by atoms with van der Waals surface area (Å²) in [6.07, 6.45) is 1.37. The molecular weight excluding hydrogens is 275 g/mol. The monoisotopic (exact) mass is 282 g/mol. The van der Waals surface area contributed by atoms with Crippen molar-refractivity contribution < 1.29 is 4.79 Å². The zero-order valence-corrected chi connectivity index (χ0v) is 10.5. The topological polar surface area (TPSA) is 80.9 Å². The molecule has 0 fully saturated rings. The molecule has 0 spiro atoms. The molecule has 0 bridgehead atoms. The SMILES string of the molecule is Nc1cnc(Cl)c(C(=O)Nc2cccc(Cl)n2)c1. The Labute approximate surface area is 113 Å². The minimum absolute atomic E-state index is 0.0729. The molecule has 0 aliphatic carbocycles. The van der Waals surface area contributed by atoms with E-state index in [2.05, 4.69) is 15.3 Å². The minimum atomic E-state index is -0.449. The van der Waals surface area contributed by atoms with Crippen LogP contribution in [0.25, 0.3) is 0 Å². The van der Waals surface area contributed by atoms with Crippen molar-refractivity contribution in [3.05, 3.63) is 46.3 Å². The molecule has 2 heterocycles. The van der Waals surface area contributed by atoms with Gasteiger partial charge in [0.1, 0.15) is 16.1 Å². The smallest absolute Gasteiger partial charge is 0.260 e. The number of nitrogens with two attached hydrogens (primary N) is 1. The van der Waals surface area contributed by atoms with Gasteiger partial charge in [-0.25, -0.2) is 9.97 Å². The summed E-state index contributed by atoms with van der Waals surface area (Å²) in [7, 11) is 0. The maximum absolute atomic E-state index is 11.9. The average Bonchev–Trinajstić information content (AvgIpc) is 2.32. The molecule has 2 aromatic heterocycles. The Morgan fingerprint density at radius 1 is 1.33 bits per heavy atom. The van der Waals surface area contributed by atoms with E-state index in [0.29, 0.717) is 11.5 Å². The Morgan fingerprint density at radius 2 is 2.11 bits per heavy atom. The van der Waals surface area contributed by atoms with Gasteiger partial charge in [-0.15, -0.1) is 0 Å². The number of anilines is 2. The van der Waals surface area contributed by atoms with Crippen LogP contribution in [0.5, 0.6) is 0 Å². The van der Waals surface area contributed by atoms with E-state index in [1.165, 1.54) is 12.3 Å². The van der Waals surface area contributed by atoms with Crippen molar-refractivity contribution in [1.29, 1.82) is 0 Å². The van der Waals surface area contributed by atoms with E-state index in [4.69, 9.17) is 28.9 Å². The second-order valence-electron chi connectivity index (χ2n) is 3.41. The zero-order chi connectivity index (χ0) is 13.1. The Kier molecular flexibility index (Phi) is 3.64. The summed E-state index contributed by atoms with van der Waals surface area (Å²) in [6.45, 7) is 0. The van der Waals surface area contributed by atoms with Crippen LogP contribution in [0.15, 0.2) is 30.5 Å². The predicted molar refractivity (Wildman–Crippen MR) is 70.9 cm³/mol. The van der Waals surface area contributed by atoms with E-state index in [9.17, 15) is 4.79 Å². The molecule has 0 saturated heterocycles. The van der Waals surface area contributed by atoms with Crippen LogP contribution < -0.4 is 11.1 Å². The van der Waals surface area contributed by atoms with Crippen molar-refractivity contribution in [3.8, 4) is 0 Å². The molecule has 0 aromatic carbocycles. The largest absolute Gasteiger partial charge is 0.397 e. The Morgan fingerprint density at radius 3 is 2.83 bits per heavy atom. The molecule has 0 atom stereocenters. The van der Waals surface area contributed by atoms with E-state index < -0.39 is 5.91 Å². The third-order valence-corrected chi connectivity index (χ3v) is 2.57. The lowest BCUT2D eigenvalue weighted by Gasteiger charge is -2.06. The van der Waals surface area contributed by atoms with Gasteiger partial charge in [0.15, 0.2) is 0 Å². The van der Waals surface area contributed by atoms with Crippen LogP contribution in [0.1, 0.15) is 10.4 Å². The number of hydrogen-bond acceptors (Lipinski definition) is 4. The van der Waals surface area contributed by atoms with Gasteiger partial charge in [-0.2, -0.15) is 0 Å². The highest BCUT2D eigenvalue weighted by Gasteiger charge is 2.12. The van der Waals surface area contributed by atoms with Crippen molar-refractivity contribution in [2.75, 3.05) is 11.1 Å². The number of nitrogen functional groups attached to an aromatic ring is 1. The summed E-state index contributed by atoms with van der Waals surface area (Å²) in [5.74, 6) is -0.124. The molecule has 7 heteroatoms. The maximum atomic E-state index is 11.9. The molecule has 18 heavy (non-hydrogen) atoms. The van der Waals surface area contributed by atoms with E-state index in [1.54, 1.807) is 18.2 Å². The zero-order valence-electron chi connectivity index (χ0n) is 9.02. The number of carbonyl (C=O) groups excluding carboxylic acids is 1. The highest BCUT2D eigenvalue weighted by Crippen LogP contribution is 2.17. The molecule has 0 radical (unpaired) electrons. The number of hydrogen-bond donors (Lipinski definition) is 2. The van der Waals surface area contributed by atoms with Gasteiger partial charge in [-0.3, -0.25) is 4.79 Å². The molecule has 0 unspecified atom stereocenters. The minimum Gasteiger partial charge on any atom is -0.397 e. The van der Waals surface area contributed by atoms with Crippen LogP contribution in [-0.2, 0) is 0 Å². The Bertz CT molecular complexity index is 603. The number of carbonyl (C=O) groups is 1. The predicted octanol–water partition coefficient (Wildman–Crippen LogP) is 2.62. The fourth-order valence-corrected chi connectivity index (χ4v) is 1.64. The Balaban J connectivity index is 2.24. The number of rotatable bonds is 2. The first-order chi connectivity index (χ1) is 8.56. The first kappa shape index (κ1) is 12.6. The fraction of sp³-hybridized carbons (Fsp3) is 0. The van der Waals surface area contributed by atoms with Crippen LogP contribution in [0.4, 0.5) is 11.5 Å². The lowest BCUT2D eigenvalue weighted by atomic mass is 10.2. The summed E-state index contributed by atoms with van der Waals surface area (Å²) in [4.78, 5) is 19.6. The van der Waals surface area contributed by atoms with E-state index in [-0.39, 0.29) is 15.9 Å². The lowest BCUT2D eigenvalue weighted by Crippen LogP contribution is -2.14. The molecule has 3 N–H and O–H groups in total. The van der Waals surface area contributed by atoms with E-state index in [0.717, 1.165) is 0 Å². The second kappa shape index (κ2) is 5.20. The van der Waals surface area contributed by atoms with Crippen LogP contribution in [0, 0.1) is 0 Å². The molecular formula is C11H8Cl2N4O. The number of pyridine rings is 2. The lowest BCUT2D eigenvalue weighted by molar-refractivity contribution is 0.102. The second-order valence-corrected chi connectivity index (χ2v) is 4.15. The molecule has 5 nitrogen and oxygen atoms in total. The molecule has 0 aliphatic heterocycles. The number of nitrogens with zero attached hydrogens (tertiary/aromatic N) is 2. The summed E-state index contributed by atoms with van der Waals surface area (Å²) < 4.78 is 0. The maximum Gasteiger partial charge on any atom is 0.260 e. The van der Waals surface area contributed by atoms with Crippen molar-refractivity contribution in [2.24, 2.45) is 0 Å². The third kappa shape index (κ3) is 2.88. The number of nitrogens with one attached hydrogen (secondary N) is 1. The molecule has 92 valence electrons. The standard InChI is InChI=1S/C11H8Cl2N4O/c12-8-2-1-3-9(16-8)17-11(18)7-4-6(14)5-15-10(7)13/h1-5H,14H2,(H,16,17,18). The van der Waals surface area contributed by atoms with Crippen molar-refractivity contribution >= 4 is 40.6 Å². The van der Waals surface area contributed by atoms with E-state index in [1.807, 2.05) is 0 Å². The van der Waals surface area contributed by atoms with Crippen LogP contribution in [0.2, 0.25) is 10.3 Å². The van der Waals surface area contributed by atoms with Crippen molar-refractivity contribution in [1.82, 2.24) is 9.97 Å². The Hall–Kier alpha value is -1.85. The highest BCUT2D eigenvalue weighted by atomic mass is 35.5. The number of amides is 1. The first-order valence-electron chi connectivity index (χ1n) is 4.91. The fourth-order valence-electron chi connectivity index (χ4n) is 1.29. The molecule has 2 rings (SSSR count). The van der Waals surface area contributed by atoms with Crippen molar-refractivity contribution in [2.45, 2.75) is 0 Å². The van der Waals surface area contributed by atoms with Crippen LogP contribution in [-0.4, -0.2) is 15.9 Å². The van der Waals surface area contributed by atoms with Crippen LogP contribution >= 0.6 is 23.2 Å². The van der Waals surface area contributed by atoms with Gasteiger partial charge in [-0.05, 0) is 18.2 Å². The quantitative estimate of drug-likeness (QED) is 0.830. The highest BCUT2D eigenvalue weighted by molar-refractivity contribution is 6.33. The van der Waals surface area contributed by atoms with Crippen molar-refractivity contribution in [3.63, 3.8) is 0 Å². The van der Waals surface area contributed by atoms with Gasteiger partial charge in [0.2, 0.25) is 0 Å². The van der Waals surface area contributed by atoms with Gasteiger partial charge in [-0.1, -0.05) is 29.3 Å². The molecule has 0 saturated carbocycles. The molecule has 2 aromatic rings. The van der Waals surface area contributed by atoms with Gasteiger partial charge in [0.05, 0.1) is 17.4 Å². The van der Waals surface area contributed by atoms with Gasteiger partial charge < -0.3 is 11.1 Å². The van der Waals surface area contributed by atoms with E-state index >= 15 is 0 Å². The van der Waals surface area contributed by atoms with Gasteiger partial charge in [0, 0.05) is 0 Å². The summed E-state index contributed by atoms with van der Waals surface area (Å²) in [5.41, 5.74) is 6.07. The van der Waals surface area contributed by atoms with Crippen LogP contribution in [0.3, 0.4) is 0 Å². The molecule has 1 amide bonds. The normalized spacial score (nSPS) is 10.1. The van der Waals surface area contributed by atoms with Gasteiger partial charge in [0.25, 0.3) is 5.91 Å². The summed E-state index contributed by atoms with van der Waals surface area (Å²) in [5, 5.41) is 2.91. The summed E-state index contributed by atoms with van der Waals surface area (Å²) in [6, 6.07) is 6.32.